The van der Waals surface area contributed by atoms with E-state index in [1.165, 1.54) is 0 Å². The fourth-order valence-electron chi connectivity index (χ4n) is 2.58. The van der Waals surface area contributed by atoms with Gasteiger partial charge in [-0.2, -0.15) is 5.26 Å². The molecule has 0 radical (unpaired) electrons. The average Bonchev–Trinajstić information content (AvgIpc) is 2.49. The molecule has 1 aliphatic heterocycles. The zero-order valence-corrected chi connectivity index (χ0v) is 12.8. The standard InChI is InChI=1S/C18H18N4/c1-13-11-22(12-13)18-8-14(2)20-17(21-18)7-6-15-4-3-5-16(9-15)10-19/h3-9,13H,11-12H2,1-2H3. The highest BCUT2D eigenvalue weighted by Crippen LogP contribution is 2.23. The fraction of sp³-hybridized carbons (Fsp3) is 0.278. The number of nitrogens with zero attached hydrogens (tertiary/aromatic N) is 4. The van der Waals surface area contributed by atoms with Gasteiger partial charge in [0.1, 0.15) is 5.82 Å². The second-order valence-corrected chi connectivity index (χ2v) is 5.81. The van der Waals surface area contributed by atoms with Gasteiger partial charge in [-0.15, -0.1) is 0 Å². The summed E-state index contributed by atoms with van der Waals surface area (Å²) in [5, 5.41) is 8.93. The first kappa shape index (κ1) is 14.3. The lowest BCUT2D eigenvalue weighted by Crippen LogP contribution is -2.45. The Labute approximate surface area is 130 Å². The van der Waals surface area contributed by atoms with Crippen molar-refractivity contribution in [2.24, 2.45) is 5.92 Å². The molecule has 1 aliphatic rings. The second-order valence-electron chi connectivity index (χ2n) is 5.81. The molecular formula is C18H18N4. The van der Waals surface area contributed by atoms with E-state index in [9.17, 15) is 0 Å². The first-order valence-electron chi connectivity index (χ1n) is 7.43. The van der Waals surface area contributed by atoms with Crippen LogP contribution in [0.5, 0.6) is 0 Å². The van der Waals surface area contributed by atoms with Gasteiger partial charge >= 0.3 is 0 Å². The molecule has 0 aliphatic carbocycles. The number of nitriles is 1. The van der Waals surface area contributed by atoms with Crippen LogP contribution in [0.2, 0.25) is 0 Å². The van der Waals surface area contributed by atoms with E-state index < -0.39 is 0 Å². The van der Waals surface area contributed by atoms with Gasteiger partial charge in [0.2, 0.25) is 0 Å². The van der Waals surface area contributed by atoms with Crippen LogP contribution in [0.1, 0.15) is 29.6 Å². The zero-order valence-electron chi connectivity index (χ0n) is 12.8. The molecule has 3 rings (SSSR count). The van der Waals surface area contributed by atoms with Crippen LogP contribution in [-0.4, -0.2) is 23.1 Å². The summed E-state index contributed by atoms with van der Waals surface area (Å²) in [5.41, 5.74) is 2.60. The summed E-state index contributed by atoms with van der Waals surface area (Å²) in [6.07, 6.45) is 3.84. The van der Waals surface area contributed by atoms with E-state index in [1.807, 2.05) is 43.3 Å². The third-order valence-corrected chi connectivity index (χ3v) is 3.69. The fourth-order valence-corrected chi connectivity index (χ4v) is 2.58. The van der Waals surface area contributed by atoms with Crippen LogP contribution in [0.4, 0.5) is 5.82 Å². The van der Waals surface area contributed by atoms with Crippen molar-refractivity contribution >= 4 is 18.0 Å². The molecule has 1 aromatic carbocycles. The van der Waals surface area contributed by atoms with E-state index in [0.717, 1.165) is 36.1 Å². The third-order valence-electron chi connectivity index (χ3n) is 3.69. The Morgan fingerprint density at radius 2 is 2.05 bits per heavy atom. The minimum absolute atomic E-state index is 0.655. The van der Waals surface area contributed by atoms with Gasteiger partial charge in [-0.25, -0.2) is 9.97 Å². The Kier molecular flexibility index (Phi) is 3.88. The van der Waals surface area contributed by atoms with Gasteiger partial charge in [-0.05, 0) is 36.6 Å². The largest absolute Gasteiger partial charge is 0.356 e. The van der Waals surface area contributed by atoms with Crippen LogP contribution in [0.15, 0.2) is 30.3 Å². The summed E-state index contributed by atoms with van der Waals surface area (Å²) >= 11 is 0. The number of aromatic nitrogens is 2. The second kappa shape index (κ2) is 5.98. The normalized spacial score (nSPS) is 14.9. The summed E-state index contributed by atoms with van der Waals surface area (Å²) in [6.45, 7) is 6.35. The Balaban J connectivity index is 1.82. The lowest BCUT2D eigenvalue weighted by atomic mass is 10.0. The topological polar surface area (TPSA) is 52.8 Å². The minimum atomic E-state index is 0.655. The van der Waals surface area contributed by atoms with E-state index in [4.69, 9.17) is 5.26 Å². The number of aryl methyl sites for hydroxylation is 1. The van der Waals surface area contributed by atoms with Crippen molar-refractivity contribution in [3.8, 4) is 6.07 Å². The van der Waals surface area contributed by atoms with Crippen LogP contribution in [0.25, 0.3) is 12.2 Å². The number of hydrogen-bond donors (Lipinski definition) is 0. The maximum absolute atomic E-state index is 8.93. The highest BCUT2D eigenvalue weighted by molar-refractivity contribution is 5.68. The number of hydrogen-bond acceptors (Lipinski definition) is 4. The van der Waals surface area contributed by atoms with Crippen LogP contribution < -0.4 is 4.90 Å². The van der Waals surface area contributed by atoms with E-state index in [2.05, 4.69) is 27.9 Å². The van der Waals surface area contributed by atoms with Crippen LogP contribution >= 0.6 is 0 Å². The predicted molar refractivity (Wildman–Crippen MR) is 88.2 cm³/mol. The molecule has 0 unspecified atom stereocenters. The lowest BCUT2D eigenvalue weighted by molar-refractivity contribution is 0.443. The maximum Gasteiger partial charge on any atom is 0.154 e. The van der Waals surface area contributed by atoms with E-state index in [0.29, 0.717) is 11.4 Å². The molecule has 4 nitrogen and oxygen atoms in total. The van der Waals surface area contributed by atoms with E-state index in [1.54, 1.807) is 6.07 Å². The summed E-state index contributed by atoms with van der Waals surface area (Å²) in [5.74, 6) is 2.44. The third kappa shape index (κ3) is 3.15. The molecule has 1 saturated heterocycles. The summed E-state index contributed by atoms with van der Waals surface area (Å²) in [4.78, 5) is 11.3. The highest BCUT2D eigenvalue weighted by atomic mass is 15.2. The predicted octanol–water partition coefficient (Wildman–Crippen LogP) is 3.28. The summed E-state index contributed by atoms with van der Waals surface area (Å²) in [6, 6.07) is 11.7. The quantitative estimate of drug-likeness (QED) is 0.870. The van der Waals surface area contributed by atoms with Gasteiger partial charge in [-0.3, -0.25) is 0 Å². The van der Waals surface area contributed by atoms with Crippen molar-refractivity contribution in [3.63, 3.8) is 0 Å². The Bertz CT molecular complexity index is 752. The molecular weight excluding hydrogens is 272 g/mol. The highest BCUT2D eigenvalue weighted by Gasteiger charge is 2.23. The summed E-state index contributed by atoms with van der Waals surface area (Å²) in [7, 11) is 0. The molecule has 4 heteroatoms. The number of anilines is 1. The maximum atomic E-state index is 8.93. The van der Waals surface area contributed by atoms with Gasteiger partial charge in [0.05, 0.1) is 11.6 Å². The van der Waals surface area contributed by atoms with Gasteiger partial charge < -0.3 is 4.90 Å². The molecule has 2 heterocycles. The van der Waals surface area contributed by atoms with Crippen molar-refractivity contribution < 1.29 is 0 Å². The summed E-state index contributed by atoms with van der Waals surface area (Å²) < 4.78 is 0. The molecule has 0 saturated carbocycles. The van der Waals surface area contributed by atoms with Gasteiger partial charge in [0, 0.05) is 24.8 Å². The molecule has 22 heavy (non-hydrogen) atoms. The molecule has 0 spiro atoms. The van der Waals surface area contributed by atoms with Crippen molar-refractivity contribution in [3.05, 3.63) is 53.0 Å². The monoisotopic (exact) mass is 290 g/mol. The molecule has 0 atom stereocenters. The number of rotatable bonds is 3. The Hall–Kier alpha value is -2.67. The average molecular weight is 290 g/mol. The van der Waals surface area contributed by atoms with E-state index >= 15 is 0 Å². The molecule has 0 bridgehead atoms. The first-order valence-corrected chi connectivity index (χ1v) is 7.43. The molecule has 2 aromatic rings. The molecule has 1 fully saturated rings. The van der Waals surface area contributed by atoms with Crippen LogP contribution in [-0.2, 0) is 0 Å². The van der Waals surface area contributed by atoms with Crippen molar-refractivity contribution in [2.75, 3.05) is 18.0 Å². The van der Waals surface area contributed by atoms with Crippen molar-refractivity contribution in [2.45, 2.75) is 13.8 Å². The zero-order chi connectivity index (χ0) is 15.5. The molecule has 0 amide bonds. The van der Waals surface area contributed by atoms with E-state index in [-0.39, 0.29) is 0 Å². The number of benzene rings is 1. The Morgan fingerprint density at radius 1 is 1.23 bits per heavy atom. The van der Waals surface area contributed by atoms with Crippen LogP contribution in [0.3, 0.4) is 0 Å². The molecule has 110 valence electrons. The Morgan fingerprint density at radius 3 is 2.77 bits per heavy atom. The smallest absolute Gasteiger partial charge is 0.154 e. The lowest BCUT2D eigenvalue weighted by Gasteiger charge is -2.38. The van der Waals surface area contributed by atoms with Gasteiger partial charge in [0.15, 0.2) is 5.82 Å². The first-order chi connectivity index (χ1) is 10.6. The van der Waals surface area contributed by atoms with Gasteiger partial charge in [-0.1, -0.05) is 25.1 Å². The van der Waals surface area contributed by atoms with Crippen LogP contribution in [0, 0.1) is 24.2 Å². The molecule has 0 N–H and O–H groups in total. The SMILES string of the molecule is Cc1cc(N2CC(C)C2)nc(C=Cc2cccc(C#N)c2)n1. The minimum Gasteiger partial charge on any atom is -0.356 e. The molecule has 1 aromatic heterocycles. The van der Waals surface area contributed by atoms with Gasteiger partial charge in [0.25, 0.3) is 0 Å². The van der Waals surface area contributed by atoms with Crippen molar-refractivity contribution in [1.29, 1.82) is 5.26 Å². The van der Waals surface area contributed by atoms with Crippen molar-refractivity contribution in [1.82, 2.24) is 9.97 Å².